The average molecular weight is 113 g/mol. The van der Waals surface area contributed by atoms with E-state index < -0.39 is 0 Å². The summed E-state index contributed by atoms with van der Waals surface area (Å²) in [6, 6.07) is 2.03. The van der Waals surface area contributed by atoms with Crippen LogP contribution in [0.5, 0.6) is 0 Å². The monoisotopic (exact) mass is 113 g/mol. The van der Waals surface area contributed by atoms with E-state index in [-0.39, 0.29) is 6.10 Å². The van der Waals surface area contributed by atoms with Crippen LogP contribution in [-0.2, 0) is 4.74 Å². The van der Waals surface area contributed by atoms with E-state index in [9.17, 15) is 0 Å². The van der Waals surface area contributed by atoms with Crippen molar-refractivity contribution in [3.63, 3.8) is 0 Å². The molecule has 0 radical (unpaired) electrons. The van der Waals surface area contributed by atoms with Gasteiger partial charge in [-0.2, -0.15) is 5.26 Å². The summed E-state index contributed by atoms with van der Waals surface area (Å²) in [4.78, 5) is 0. The molecular formula is C6H11NO. The lowest BCUT2D eigenvalue weighted by molar-refractivity contribution is 0.0989. The minimum atomic E-state index is -0.194. The summed E-state index contributed by atoms with van der Waals surface area (Å²) in [5.74, 6) is 0. The van der Waals surface area contributed by atoms with Crippen molar-refractivity contribution in [2.45, 2.75) is 26.4 Å². The molecule has 2 heteroatoms. The molecule has 0 bridgehead atoms. The molecular weight excluding hydrogens is 102 g/mol. The van der Waals surface area contributed by atoms with Crippen LogP contribution >= 0.6 is 0 Å². The summed E-state index contributed by atoms with van der Waals surface area (Å²) < 4.78 is 4.98. The highest BCUT2D eigenvalue weighted by Gasteiger charge is 1.99. The van der Waals surface area contributed by atoms with E-state index in [4.69, 9.17) is 10.00 Å². The molecule has 1 atom stereocenters. The number of hydrogen-bond donors (Lipinski definition) is 0. The molecule has 0 N–H and O–H groups in total. The Kier molecular flexibility index (Phi) is 4.29. The molecule has 0 heterocycles. The van der Waals surface area contributed by atoms with E-state index in [1.54, 1.807) is 0 Å². The smallest absolute Gasteiger partial charge is 0.143 e. The van der Waals surface area contributed by atoms with Gasteiger partial charge in [0.2, 0.25) is 0 Å². The summed E-state index contributed by atoms with van der Waals surface area (Å²) in [6.07, 6.45) is 0.588. The molecule has 0 aromatic heterocycles. The molecule has 0 amide bonds. The average Bonchev–Trinajstić information content (AvgIpc) is 1.83. The normalized spacial score (nSPS) is 12.6. The number of ether oxygens (including phenoxy) is 1. The Balaban J connectivity index is 3.26. The summed E-state index contributed by atoms with van der Waals surface area (Å²) in [5, 5.41) is 8.28. The molecule has 0 aliphatic carbocycles. The maximum absolute atomic E-state index is 8.28. The summed E-state index contributed by atoms with van der Waals surface area (Å²) in [7, 11) is 0. The fourth-order valence-electron chi connectivity index (χ4n) is 0.448. The predicted molar refractivity (Wildman–Crippen MR) is 31.3 cm³/mol. The molecule has 0 fully saturated rings. The molecule has 46 valence electrons. The molecule has 0 aliphatic heterocycles. The van der Waals surface area contributed by atoms with Gasteiger partial charge in [-0.15, -0.1) is 0 Å². The second-order valence-corrected chi connectivity index (χ2v) is 1.48. The van der Waals surface area contributed by atoms with Gasteiger partial charge in [0, 0.05) is 6.61 Å². The van der Waals surface area contributed by atoms with Gasteiger partial charge in [0.25, 0.3) is 0 Å². The minimum Gasteiger partial charge on any atom is -0.364 e. The highest BCUT2D eigenvalue weighted by molar-refractivity contribution is 4.81. The van der Waals surface area contributed by atoms with Crippen molar-refractivity contribution in [1.82, 2.24) is 0 Å². The van der Waals surface area contributed by atoms with Gasteiger partial charge in [0.05, 0.1) is 6.07 Å². The van der Waals surface area contributed by atoms with Gasteiger partial charge in [0.15, 0.2) is 0 Å². The standard InChI is InChI=1S/C6H11NO/c1-3-6(5-7)8-4-2/h6H,3-4H2,1-2H3/t6-/m0/s1. The third-order valence-corrected chi connectivity index (χ3v) is 0.883. The van der Waals surface area contributed by atoms with Crippen LogP contribution in [0.3, 0.4) is 0 Å². The van der Waals surface area contributed by atoms with Gasteiger partial charge >= 0.3 is 0 Å². The van der Waals surface area contributed by atoms with E-state index in [1.165, 1.54) is 0 Å². The van der Waals surface area contributed by atoms with Crippen LogP contribution in [0.1, 0.15) is 20.3 Å². The Morgan fingerprint density at radius 1 is 1.62 bits per heavy atom. The second kappa shape index (κ2) is 4.61. The maximum Gasteiger partial charge on any atom is 0.143 e. The third-order valence-electron chi connectivity index (χ3n) is 0.883. The van der Waals surface area contributed by atoms with Gasteiger partial charge in [0.1, 0.15) is 6.10 Å². The summed E-state index contributed by atoms with van der Waals surface area (Å²) in [5.41, 5.74) is 0. The number of rotatable bonds is 3. The first-order valence-electron chi connectivity index (χ1n) is 2.86. The van der Waals surface area contributed by atoms with Gasteiger partial charge in [-0.25, -0.2) is 0 Å². The summed E-state index contributed by atoms with van der Waals surface area (Å²) >= 11 is 0. The first kappa shape index (κ1) is 7.45. The Labute approximate surface area is 50.1 Å². The van der Waals surface area contributed by atoms with Crippen molar-refractivity contribution in [2.24, 2.45) is 0 Å². The Bertz CT molecular complexity index is 85.0. The van der Waals surface area contributed by atoms with Gasteiger partial charge in [-0.05, 0) is 13.3 Å². The minimum absolute atomic E-state index is 0.194. The molecule has 0 unspecified atom stereocenters. The van der Waals surface area contributed by atoms with Crippen molar-refractivity contribution < 1.29 is 4.74 Å². The van der Waals surface area contributed by atoms with Gasteiger partial charge in [-0.1, -0.05) is 6.92 Å². The topological polar surface area (TPSA) is 33.0 Å². The molecule has 0 aromatic carbocycles. The molecule has 0 aliphatic rings. The second-order valence-electron chi connectivity index (χ2n) is 1.48. The Morgan fingerprint density at radius 3 is 2.38 bits per heavy atom. The van der Waals surface area contributed by atoms with E-state index in [2.05, 4.69) is 0 Å². The zero-order chi connectivity index (χ0) is 6.41. The fraction of sp³-hybridized carbons (Fsp3) is 0.833. The van der Waals surface area contributed by atoms with Crippen LogP contribution in [0.4, 0.5) is 0 Å². The highest BCUT2D eigenvalue weighted by atomic mass is 16.5. The quantitative estimate of drug-likeness (QED) is 0.553. The molecule has 0 saturated heterocycles. The van der Waals surface area contributed by atoms with Crippen LogP contribution in [0.15, 0.2) is 0 Å². The SMILES string of the molecule is CCO[C@H](C#N)CC. The van der Waals surface area contributed by atoms with E-state index in [0.717, 1.165) is 6.42 Å². The fourth-order valence-corrected chi connectivity index (χ4v) is 0.448. The number of nitrogens with zero attached hydrogens (tertiary/aromatic N) is 1. The van der Waals surface area contributed by atoms with Crippen molar-refractivity contribution in [2.75, 3.05) is 6.61 Å². The first-order chi connectivity index (χ1) is 3.85. The van der Waals surface area contributed by atoms with Crippen LogP contribution in [0.2, 0.25) is 0 Å². The molecule has 0 aromatic rings. The maximum atomic E-state index is 8.28. The van der Waals surface area contributed by atoms with Crippen molar-refractivity contribution in [3.05, 3.63) is 0 Å². The van der Waals surface area contributed by atoms with Crippen LogP contribution in [0, 0.1) is 11.3 Å². The third kappa shape index (κ3) is 2.59. The first-order valence-corrected chi connectivity index (χ1v) is 2.86. The largest absolute Gasteiger partial charge is 0.364 e. The van der Waals surface area contributed by atoms with E-state index in [1.807, 2.05) is 19.9 Å². The van der Waals surface area contributed by atoms with Gasteiger partial charge < -0.3 is 4.74 Å². The zero-order valence-electron chi connectivity index (χ0n) is 5.35. The zero-order valence-corrected chi connectivity index (χ0v) is 5.35. The molecule has 0 saturated carbocycles. The molecule has 2 nitrogen and oxygen atoms in total. The highest BCUT2D eigenvalue weighted by Crippen LogP contribution is 1.93. The summed E-state index contributed by atoms with van der Waals surface area (Å²) in [6.45, 7) is 4.45. The van der Waals surface area contributed by atoms with E-state index in [0.29, 0.717) is 6.61 Å². The predicted octanol–water partition coefficient (Wildman–Crippen LogP) is 1.33. The lowest BCUT2D eigenvalue weighted by Crippen LogP contribution is -2.07. The lowest BCUT2D eigenvalue weighted by Gasteiger charge is -2.02. The van der Waals surface area contributed by atoms with Crippen molar-refractivity contribution in [3.8, 4) is 6.07 Å². The lowest BCUT2D eigenvalue weighted by atomic mass is 10.3. The number of hydrogen-bond acceptors (Lipinski definition) is 2. The van der Waals surface area contributed by atoms with E-state index >= 15 is 0 Å². The van der Waals surface area contributed by atoms with Crippen molar-refractivity contribution in [1.29, 1.82) is 5.26 Å². The van der Waals surface area contributed by atoms with Crippen molar-refractivity contribution >= 4 is 0 Å². The number of nitriles is 1. The molecule has 8 heavy (non-hydrogen) atoms. The Hall–Kier alpha value is -0.550. The van der Waals surface area contributed by atoms with Gasteiger partial charge in [-0.3, -0.25) is 0 Å². The van der Waals surface area contributed by atoms with Crippen LogP contribution < -0.4 is 0 Å². The molecule has 0 rings (SSSR count). The molecule has 0 spiro atoms. The van der Waals surface area contributed by atoms with Crippen LogP contribution in [-0.4, -0.2) is 12.7 Å². The van der Waals surface area contributed by atoms with Crippen LogP contribution in [0.25, 0.3) is 0 Å². The Morgan fingerprint density at radius 2 is 2.25 bits per heavy atom.